The minimum absolute atomic E-state index is 0.0747. The van der Waals surface area contributed by atoms with Gasteiger partial charge in [-0.3, -0.25) is 19.2 Å². The van der Waals surface area contributed by atoms with E-state index < -0.39 is 60.2 Å². The second kappa shape index (κ2) is 10.2. The first-order valence-corrected chi connectivity index (χ1v) is 7.29. The second-order valence-corrected chi connectivity index (χ2v) is 5.41. The number of aliphatic hydroxyl groups is 1. The Kier molecular flexibility index (Phi) is 9.09. The molecule has 12 nitrogen and oxygen atoms in total. The molecule has 0 spiro atoms. The quantitative estimate of drug-likeness (QED) is 0.191. The van der Waals surface area contributed by atoms with Gasteiger partial charge in [0.1, 0.15) is 12.1 Å². The summed E-state index contributed by atoms with van der Waals surface area (Å²) >= 11 is 0. The monoisotopic (exact) mass is 361 g/mol. The van der Waals surface area contributed by atoms with Gasteiger partial charge in [0.25, 0.3) is 0 Å². The van der Waals surface area contributed by atoms with Gasteiger partial charge in [-0.05, 0) is 13.3 Å². The summed E-state index contributed by atoms with van der Waals surface area (Å²) in [5.74, 6) is -5.02. The Morgan fingerprint density at radius 3 is 1.96 bits per heavy atom. The number of primary amides is 2. The first-order valence-electron chi connectivity index (χ1n) is 7.29. The maximum Gasteiger partial charge on any atom is 0.326 e. The highest BCUT2D eigenvalue weighted by Gasteiger charge is 2.31. The third kappa shape index (κ3) is 8.62. The zero-order valence-electron chi connectivity index (χ0n) is 13.6. The van der Waals surface area contributed by atoms with E-state index in [2.05, 4.69) is 5.32 Å². The molecule has 0 aliphatic heterocycles. The number of aliphatic hydroxyl groups excluding tert-OH is 1. The molecule has 4 unspecified atom stereocenters. The number of amides is 4. The maximum atomic E-state index is 12.1. The van der Waals surface area contributed by atoms with Crippen LogP contribution in [0.4, 0.5) is 0 Å². The number of hydrogen-bond acceptors (Lipinski definition) is 7. The van der Waals surface area contributed by atoms with Crippen LogP contribution in [0.15, 0.2) is 0 Å². The number of nitrogens with two attached hydrogens (primary N) is 3. The molecule has 0 aliphatic rings. The van der Waals surface area contributed by atoms with E-state index in [-0.39, 0.29) is 12.8 Å². The van der Waals surface area contributed by atoms with Gasteiger partial charge in [-0.15, -0.1) is 0 Å². The number of carbonyl (C=O) groups excluding carboxylic acids is 4. The van der Waals surface area contributed by atoms with Crippen LogP contribution in [0.25, 0.3) is 0 Å². The van der Waals surface area contributed by atoms with Crippen molar-refractivity contribution in [1.29, 1.82) is 0 Å². The fourth-order valence-corrected chi connectivity index (χ4v) is 1.76. The van der Waals surface area contributed by atoms with Crippen molar-refractivity contribution in [2.24, 2.45) is 17.2 Å². The summed E-state index contributed by atoms with van der Waals surface area (Å²) in [6, 6.07) is -4.31. The summed E-state index contributed by atoms with van der Waals surface area (Å²) in [4.78, 5) is 56.5. The summed E-state index contributed by atoms with van der Waals surface area (Å²) in [5, 5.41) is 22.7. The van der Waals surface area contributed by atoms with E-state index in [1.54, 1.807) is 0 Å². The van der Waals surface area contributed by atoms with Gasteiger partial charge in [-0.2, -0.15) is 0 Å². The Labute approximate surface area is 143 Å². The largest absolute Gasteiger partial charge is 0.480 e. The average Bonchev–Trinajstić information content (AvgIpc) is 2.47. The van der Waals surface area contributed by atoms with Crippen LogP contribution in [0.5, 0.6) is 0 Å². The third-order valence-electron chi connectivity index (χ3n) is 3.12. The molecule has 0 saturated heterocycles. The minimum Gasteiger partial charge on any atom is -0.480 e. The predicted molar refractivity (Wildman–Crippen MR) is 83.4 cm³/mol. The van der Waals surface area contributed by atoms with E-state index >= 15 is 0 Å². The van der Waals surface area contributed by atoms with Gasteiger partial charge in [0, 0.05) is 6.42 Å². The Morgan fingerprint density at radius 2 is 1.56 bits per heavy atom. The molecule has 0 aromatic carbocycles. The highest BCUT2D eigenvalue weighted by molar-refractivity contribution is 5.93. The van der Waals surface area contributed by atoms with Crippen molar-refractivity contribution in [2.45, 2.75) is 50.4 Å². The molecule has 0 aromatic heterocycles. The molecule has 0 bridgehead atoms. The van der Waals surface area contributed by atoms with Crippen LogP contribution in [0, 0.1) is 0 Å². The lowest BCUT2D eigenvalue weighted by molar-refractivity contribution is -0.144. The molecule has 142 valence electrons. The normalized spacial score (nSPS) is 15.3. The van der Waals surface area contributed by atoms with Gasteiger partial charge in [0.2, 0.25) is 23.6 Å². The zero-order valence-corrected chi connectivity index (χ0v) is 13.6. The summed E-state index contributed by atoms with van der Waals surface area (Å²) in [6.45, 7) is 1.18. The Hall–Kier alpha value is -2.73. The van der Waals surface area contributed by atoms with E-state index in [1.807, 2.05) is 5.32 Å². The van der Waals surface area contributed by atoms with Crippen LogP contribution < -0.4 is 27.8 Å². The van der Waals surface area contributed by atoms with E-state index in [9.17, 15) is 29.1 Å². The maximum absolute atomic E-state index is 12.1. The van der Waals surface area contributed by atoms with Crippen molar-refractivity contribution >= 4 is 29.6 Å². The average molecular weight is 361 g/mol. The molecule has 0 rings (SSSR count). The molecule has 25 heavy (non-hydrogen) atoms. The number of aliphatic carboxylic acids is 1. The van der Waals surface area contributed by atoms with Gasteiger partial charge in [0.15, 0.2) is 0 Å². The number of carboxylic acids is 1. The van der Waals surface area contributed by atoms with Crippen LogP contribution in [0.1, 0.15) is 26.2 Å². The van der Waals surface area contributed by atoms with Gasteiger partial charge >= 0.3 is 5.97 Å². The Balaban J connectivity index is 4.94. The van der Waals surface area contributed by atoms with Crippen LogP contribution >= 0.6 is 0 Å². The first-order chi connectivity index (χ1) is 11.5. The van der Waals surface area contributed by atoms with E-state index in [0.717, 1.165) is 0 Å². The Bertz CT molecular complexity index is 537. The van der Waals surface area contributed by atoms with Gasteiger partial charge in [-0.25, -0.2) is 4.79 Å². The second-order valence-electron chi connectivity index (χ2n) is 5.41. The molecule has 0 saturated carbocycles. The van der Waals surface area contributed by atoms with E-state index in [0.29, 0.717) is 0 Å². The highest BCUT2D eigenvalue weighted by atomic mass is 16.4. The first kappa shape index (κ1) is 22.3. The van der Waals surface area contributed by atoms with Crippen molar-refractivity contribution in [2.75, 3.05) is 0 Å². The van der Waals surface area contributed by atoms with Gasteiger partial charge < -0.3 is 38.0 Å². The Morgan fingerprint density at radius 1 is 1.00 bits per heavy atom. The summed E-state index contributed by atoms with van der Waals surface area (Å²) in [6.07, 6.45) is -2.29. The molecule has 0 radical (unpaired) electrons. The summed E-state index contributed by atoms with van der Waals surface area (Å²) in [5.41, 5.74) is 15.4. The van der Waals surface area contributed by atoms with Gasteiger partial charge in [-0.1, -0.05) is 0 Å². The number of rotatable bonds is 11. The fraction of sp³-hybridized carbons (Fsp3) is 0.615. The molecule has 0 heterocycles. The number of hydrogen-bond donors (Lipinski definition) is 7. The molecule has 0 aromatic rings. The fourth-order valence-electron chi connectivity index (χ4n) is 1.76. The smallest absolute Gasteiger partial charge is 0.326 e. The molecular weight excluding hydrogens is 338 g/mol. The molecule has 10 N–H and O–H groups in total. The topological polar surface area (TPSA) is 228 Å². The standard InChI is InChI=1S/C13H23N5O7/c1-5(19)10(18-11(22)6(14)2-3-8(15)20)12(23)17-7(13(24)25)4-9(16)21/h5-7,10,19H,2-4,14H2,1H3,(H2,15,20)(H2,16,21)(H,17,23)(H,18,22)(H,24,25). The number of carbonyl (C=O) groups is 5. The molecular formula is C13H23N5O7. The third-order valence-corrected chi connectivity index (χ3v) is 3.12. The van der Waals surface area contributed by atoms with Gasteiger partial charge in [0.05, 0.1) is 18.6 Å². The van der Waals surface area contributed by atoms with Crippen molar-refractivity contribution in [3.63, 3.8) is 0 Å². The molecule has 4 atom stereocenters. The van der Waals surface area contributed by atoms with E-state index in [1.165, 1.54) is 6.92 Å². The van der Waals surface area contributed by atoms with E-state index in [4.69, 9.17) is 22.3 Å². The highest BCUT2D eigenvalue weighted by Crippen LogP contribution is 2.00. The van der Waals surface area contributed by atoms with Crippen molar-refractivity contribution in [3.8, 4) is 0 Å². The number of nitrogens with one attached hydrogen (secondary N) is 2. The van der Waals surface area contributed by atoms with Crippen LogP contribution in [0.3, 0.4) is 0 Å². The SMILES string of the molecule is CC(O)C(NC(=O)C(N)CCC(N)=O)C(=O)NC(CC(N)=O)C(=O)O. The zero-order chi connectivity index (χ0) is 19.7. The minimum atomic E-state index is -1.62. The molecule has 0 aliphatic carbocycles. The van der Waals surface area contributed by atoms with Crippen molar-refractivity contribution in [1.82, 2.24) is 10.6 Å². The number of carboxylic acid groups (broad SMARTS) is 1. The summed E-state index contributed by atoms with van der Waals surface area (Å²) < 4.78 is 0. The van der Waals surface area contributed by atoms with Crippen LogP contribution in [-0.4, -0.2) is 64.0 Å². The van der Waals surface area contributed by atoms with Crippen molar-refractivity contribution < 1.29 is 34.2 Å². The summed E-state index contributed by atoms with van der Waals surface area (Å²) in [7, 11) is 0. The predicted octanol–water partition coefficient (Wildman–Crippen LogP) is -4.11. The lowest BCUT2D eigenvalue weighted by atomic mass is 10.1. The molecule has 12 heteroatoms. The lowest BCUT2D eigenvalue weighted by Crippen LogP contribution is -2.58. The van der Waals surface area contributed by atoms with Crippen molar-refractivity contribution in [3.05, 3.63) is 0 Å². The molecule has 4 amide bonds. The van der Waals surface area contributed by atoms with Crippen LogP contribution in [-0.2, 0) is 24.0 Å². The molecule has 0 fully saturated rings. The lowest BCUT2D eigenvalue weighted by Gasteiger charge is -2.24. The van der Waals surface area contributed by atoms with Crippen LogP contribution in [0.2, 0.25) is 0 Å².